The van der Waals surface area contributed by atoms with Crippen LogP contribution >= 0.6 is 11.3 Å². The monoisotopic (exact) mass is 424 g/mol. The maximum atomic E-state index is 13.3. The molecule has 1 N–H and O–H groups in total. The summed E-state index contributed by atoms with van der Waals surface area (Å²) in [5.74, 6) is -0.308. The summed E-state index contributed by atoms with van der Waals surface area (Å²) < 4.78 is 52.0. The quantitative estimate of drug-likeness (QED) is 0.601. The zero-order valence-corrected chi connectivity index (χ0v) is 15.9. The van der Waals surface area contributed by atoms with E-state index in [0.717, 1.165) is 27.5 Å². The molecule has 2 amide bonds. The summed E-state index contributed by atoms with van der Waals surface area (Å²) in [6, 6.07) is 8.43. The van der Waals surface area contributed by atoms with Gasteiger partial charge in [-0.15, -0.1) is 0 Å². The van der Waals surface area contributed by atoms with Crippen molar-refractivity contribution in [1.82, 2.24) is 9.88 Å². The average molecular weight is 424 g/mol. The number of hydrogen-bond donors (Lipinski definition) is 1. The van der Waals surface area contributed by atoms with Gasteiger partial charge in [0.25, 0.3) is 0 Å². The van der Waals surface area contributed by atoms with Crippen LogP contribution in [0.3, 0.4) is 0 Å². The van der Waals surface area contributed by atoms with Crippen molar-refractivity contribution in [2.24, 2.45) is 0 Å². The molecule has 0 atom stereocenters. The van der Waals surface area contributed by atoms with E-state index in [1.807, 2.05) is 4.90 Å². The van der Waals surface area contributed by atoms with E-state index in [2.05, 4.69) is 10.3 Å². The number of benzene rings is 2. The molecule has 0 unspecified atom stereocenters. The number of amides is 2. The molecule has 1 saturated heterocycles. The van der Waals surface area contributed by atoms with E-state index in [1.165, 1.54) is 35.6 Å². The Morgan fingerprint density at radius 3 is 2.38 bits per heavy atom. The third-order valence-corrected chi connectivity index (χ3v) is 5.72. The van der Waals surface area contributed by atoms with Crippen molar-refractivity contribution in [2.45, 2.75) is 6.18 Å². The maximum absolute atomic E-state index is 13.3. The van der Waals surface area contributed by atoms with Gasteiger partial charge in [-0.3, -0.25) is 0 Å². The number of nitrogens with zero attached hydrogens (tertiary/aromatic N) is 3. The summed E-state index contributed by atoms with van der Waals surface area (Å²) in [5.41, 5.74) is 0.271. The first kappa shape index (κ1) is 19.4. The van der Waals surface area contributed by atoms with Crippen molar-refractivity contribution in [3.05, 3.63) is 53.8 Å². The second-order valence-electron chi connectivity index (χ2n) is 6.59. The molecule has 1 aliphatic heterocycles. The van der Waals surface area contributed by atoms with Crippen molar-refractivity contribution in [3.8, 4) is 0 Å². The molecule has 10 heteroatoms. The molecule has 0 saturated carbocycles. The lowest BCUT2D eigenvalue weighted by Crippen LogP contribution is -2.50. The Morgan fingerprint density at radius 1 is 1.03 bits per heavy atom. The highest BCUT2D eigenvalue weighted by Crippen LogP contribution is 2.31. The SMILES string of the molecule is O=C(Nc1ccc(C(F)(F)F)cc1)N1CCN(c2nc3ccc(F)cc3s2)CC1. The van der Waals surface area contributed by atoms with E-state index in [1.54, 1.807) is 11.0 Å². The van der Waals surface area contributed by atoms with Crippen molar-refractivity contribution in [1.29, 1.82) is 0 Å². The fourth-order valence-electron chi connectivity index (χ4n) is 3.07. The number of rotatable bonds is 2. The van der Waals surface area contributed by atoms with Gasteiger partial charge in [-0.05, 0) is 42.5 Å². The van der Waals surface area contributed by atoms with Crippen molar-refractivity contribution >= 4 is 38.4 Å². The third kappa shape index (κ3) is 4.26. The predicted molar refractivity (Wildman–Crippen MR) is 104 cm³/mol. The lowest BCUT2D eigenvalue weighted by atomic mass is 10.2. The summed E-state index contributed by atoms with van der Waals surface area (Å²) in [6.07, 6.45) is -4.41. The van der Waals surface area contributed by atoms with Crippen LogP contribution in [-0.4, -0.2) is 42.1 Å². The number of aromatic nitrogens is 1. The van der Waals surface area contributed by atoms with Crippen LogP contribution in [-0.2, 0) is 6.18 Å². The summed E-state index contributed by atoms with van der Waals surface area (Å²) in [5, 5.41) is 3.39. The minimum absolute atomic E-state index is 0.304. The Bertz CT molecular complexity index is 1030. The predicted octanol–water partition coefficient (Wildman–Crippen LogP) is 4.81. The first-order valence-electron chi connectivity index (χ1n) is 8.84. The fraction of sp³-hybridized carbons (Fsp3) is 0.263. The largest absolute Gasteiger partial charge is 0.416 e. The van der Waals surface area contributed by atoms with Gasteiger partial charge in [-0.2, -0.15) is 13.2 Å². The molecule has 4 rings (SSSR count). The summed E-state index contributed by atoms with van der Waals surface area (Å²) in [7, 11) is 0. The van der Waals surface area contributed by atoms with Crippen LogP contribution in [0.1, 0.15) is 5.56 Å². The van der Waals surface area contributed by atoms with Crippen molar-refractivity contribution in [3.63, 3.8) is 0 Å². The summed E-state index contributed by atoms with van der Waals surface area (Å²) >= 11 is 1.40. The smallest absolute Gasteiger partial charge is 0.345 e. The fourth-order valence-corrected chi connectivity index (χ4v) is 4.11. The molecule has 1 fully saturated rings. The van der Waals surface area contributed by atoms with Gasteiger partial charge in [-0.1, -0.05) is 11.3 Å². The van der Waals surface area contributed by atoms with Crippen LogP contribution in [0.4, 0.5) is 33.2 Å². The Morgan fingerprint density at radius 2 is 1.72 bits per heavy atom. The molecule has 1 aliphatic rings. The summed E-state index contributed by atoms with van der Waals surface area (Å²) in [6.45, 7) is 2.00. The Balaban J connectivity index is 1.35. The number of halogens is 4. The van der Waals surface area contributed by atoms with E-state index >= 15 is 0 Å². The highest BCUT2D eigenvalue weighted by Gasteiger charge is 2.30. The third-order valence-electron chi connectivity index (χ3n) is 4.64. The van der Waals surface area contributed by atoms with Crippen molar-refractivity contribution < 1.29 is 22.4 Å². The van der Waals surface area contributed by atoms with Crippen LogP contribution < -0.4 is 10.2 Å². The average Bonchev–Trinajstić information content (AvgIpc) is 3.11. The number of carbonyl (C=O) groups excluding carboxylic acids is 1. The molecular weight excluding hydrogens is 408 g/mol. The molecule has 0 radical (unpaired) electrons. The van der Waals surface area contributed by atoms with Gasteiger partial charge in [0.05, 0.1) is 15.8 Å². The molecule has 1 aromatic heterocycles. The zero-order chi connectivity index (χ0) is 20.6. The number of anilines is 2. The molecule has 152 valence electrons. The van der Waals surface area contributed by atoms with Gasteiger partial charge in [0.1, 0.15) is 5.82 Å². The Labute approximate surface area is 167 Å². The number of carbonyl (C=O) groups is 1. The number of thiazole rings is 1. The van der Waals surface area contributed by atoms with Gasteiger partial charge < -0.3 is 15.1 Å². The molecular formula is C19H16F4N4OS. The molecule has 5 nitrogen and oxygen atoms in total. The van der Waals surface area contributed by atoms with Gasteiger partial charge in [0.2, 0.25) is 0 Å². The van der Waals surface area contributed by atoms with E-state index < -0.39 is 11.7 Å². The van der Waals surface area contributed by atoms with Crippen LogP contribution in [0, 0.1) is 5.82 Å². The minimum Gasteiger partial charge on any atom is -0.345 e. The molecule has 0 spiro atoms. The van der Waals surface area contributed by atoms with Crippen LogP contribution in [0.5, 0.6) is 0 Å². The maximum Gasteiger partial charge on any atom is 0.416 e. The zero-order valence-electron chi connectivity index (χ0n) is 15.0. The number of hydrogen-bond acceptors (Lipinski definition) is 4. The highest BCUT2D eigenvalue weighted by atomic mass is 32.1. The Kier molecular flexibility index (Phi) is 5.03. The Hall–Kier alpha value is -2.88. The van der Waals surface area contributed by atoms with Crippen LogP contribution in [0.2, 0.25) is 0 Å². The highest BCUT2D eigenvalue weighted by molar-refractivity contribution is 7.22. The number of nitrogens with one attached hydrogen (secondary N) is 1. The standard InChI is InChI=1S/C19H16F4N4OS/c20-13-3-6-15-16(11-13)29-18(25-15)27-9-7-26(8-10-27)17(28)24-14-4-1-12(2-5-14)19(21,22)23/h1-6,11H,7-10H2,(H,24,28). The molecule has 3 aromatic rings. The van der Waals surface area contributed by atoms with Gasteiger partial charge >= 0.3 is 12.2 Å². The van der Waals surface area contributed by atoms with Gasteiger partial charge in [0.15, 0.2) is 5.13 Å². The van der Waals surface area contributed by atoms with Gasteiger partial charge in [0, 0.05) is 31.9 Å². The minimum atomic E-state index is -4.41. The normalized spacial score (nSPS) is 15.0. The van der Waals surface area contributed by atoms with Crippen LogP contribution in [0.15, 0.2) is 42.5 Å². The number of urea groups is 1. The first-order valence-corrected chi connectivity index (χ1v) is 9.65. The molecule has 29 heavy (non-hydrogen) atoms. The molecule has 2 heterocycles. The molecule has 0 aliphatic carbocycles. The first-order chi connectivity index (χ1) is 13.8. The van der Waals surface area contributed by atoms with Gasteiger partial charge in [-0.25, -0.2) is 14.2 Å². The van der Waals surface area contributed by atoms with Crippen molar-refractivity contribution in [2.75, 3.05) is 36.4 Å². The number of fused-ring (bicyclic) bond motifs is 1. The molecule has 2 aromatic carbocycles. The molecule has 0 bridgehead atoms. The van der Waals surface area contributed by atoms with E-state index in [0.29, 0.717) is 31.9 Å². The van der Waals surface area contributed by atoms with E-state index in [-0.39, 0.29) is 11.8 Å². The topological polar surface area (TPSA) is 48.5 Å². The lowest BCUT2D eigenvalue weighted by Gasteiger charge is -2.34. The number of piperazine rings is 1. The number of alkyl halides is 3. The second kappa shape index (κ2) is 7.51. The van der Waals surface area contributed by atoms with Crippen LogP contribution in [0.25, 0.3) is 10.2 Å². The second-order valence-corrected chi connectivity index (χ2v) is 7.60. The van der Waals surface area contributed by atoms with E-state index in [4.69, 9.17) is 0 Å². The summed E-state index contributed by atoms with van der Waals surface area (Å²) in [4.78, 5) is 20.5. The lowest BCUT2D eigenvalue weighted by molar-refractivity contribution is -0.137. The van der Waals surface area contributed by atoms with E-state index in [9.17, 15) is 22.4 Å².